The molecule has 1 aromatic rings. The summed E-state index contributed by atoms with van der Waals surface area (Å²) in [5.74, 6) is 0.967. The molecule has 0 aliphatic heterocycles. The van der Waals surface area contributed by atoms with Crippen LogP contribution in [-0.4, -0.2) is 33.6 Å². The first-order chi connectivity index (χ1) is 8.63. The number of carbonyl (C=O) groups excluding carboxylic acids is 1. The van der Waals surface area contributed by atoms with Gasteiger partial charge in [-0.05, 0) is 26.2 Å². The fraction of sp³-hybridized carbons (Fsp3) is 0.692. The lowest BCUT2D eigenvalue weighted by Gasteiger charge is -2.23. The van der Waals surface area contributed by atoms with Crippen LogP contribution in [0.4, 0.5) is 0 Å². The first kappa shape index (κ1) is 13.1. The Morgan fingerprint density at radius 3 is 3.11 bits per heavy atom. The highest BCUT2D eigenvalue weighted by Gasteiger charge is 2.27. The van der Waals surface area contributed by atoms with Crippen molar-refractivity contribution in [1.29, 1.82) is 0 Å². The van der Waals surface area contributed by atoms with Crippen molar-refractivity contribution < 1.29 is 9.90 Å². The molecule has 1 aliphatic carbocycles. The third-order valence-corrected chi connectivity index (χ3v) is 3.59. The molecule has 5 heteroatoms. The van der Waals surface area contributed by atoms with Crippen molar-refractivity contribution in [3.05, 3.63) is 17.2 Å². The number of imidazole rings is 1. The van der Waals surface area contributed by atoms with Crippen LogP contribution >= 0.6 is 0 Å². The SMILES string of the molecule is CCC(CO)NC(=O)C1CCc2nc(C)[nH]c2C1. The van der Waals surface area contributed by atoms with E-state index in [4.69, 9.17) is 5.11 Å². The molecule has 18 heavy (non-hydrogen) atoms. The van der Waals surface area contributed by atoms with Crippen LogP contribution in [0, 0.1) is 12.8 Å². The number of H-pyrrole nitrogens is 1. The van der Waals surface area contributed by atoms with Crippen molar-refractivity contribution in [3.8, 4) is 0 Å². The average Bonchev–Trinajstić information content (AvgIpc) is 2.74. The summed E-state index contributed by atoms with van der Waals surface area (Å²) in [6.45, 7) is 3.90. The summed E-state index contributed by atoms with van der Waals surface area (Å²) in [5, 5.41) is 12.0. The van der Waals surface area contributed by atoms with Gasteiger partial charge in [0.05, 0.1) is 18.3 Å². The summed E-state index contributed by atoms with van der Waals surface area (Å²) in [6.07, 6.45) is 3.17. The van der Waals surface area contributed by atoms with Crippen LogP contribution in [0.15, 0.2) is 0 Å². The van der Waals surface area contributed by atoms with Crippen molar-refractivity contribution in [2.24, 2.45) is 5.92 Å². The predicted octanol–water partition coefficient (Wildman–Crippen LogP) is 0.710. The Kier molecular flexibility index (Phi) is 4.01. The standard InChI is InChI=1S/C13H21N3O2/c1-3-10(7-17)16-13(18)9-4-5-11-12(6-9)15-8(2)14-11/h9-10,17H,3-7H2,1-2H3,(H,14,15)(H,16,18). The maximum atomic E-state index is 12.1. The van der Waals surface area contributed by atoms with Gasteiger partial charge in [0.1, 0.15) is 5.82 Å². The van der Waals surface area contributed by atoms with E-state index in [1.54, 1.807) is 0 Å². The van der Waals surface area contributed by atoms with Crippen molar-refractivity contribution in [2.75, 3.05) is 6.61 Å². The molecule has 2 atom stereocenters. The minimum absolute atomic E-state index is 0.00190. The molecule has 1 aromatic heterocycles. The first-order valence-electron chi connectivity index (χ1n) is 6.59. The molecule has 100 valence electrons. The van der Waals surface area contributed by atoms with Crippen LogP contribution in [0.2, 0.25) is 0 Å². The number of nitrogens with zero attached hydrogens (tertiary/aromatic N) is 1. The lowest BCUT2D eigenvalue weighted by molar-refractivity contribution is -0.126. The molecule has 0 saturated carbocycles. The van der Waals surface area contributed by atoms with Gasteiger partial charge in [-0.15, -0.1) is 0 Å². The first-order valence-corrected chi connectivity index (χ1v) is 6.59. The number of rotatable bonds is 4. The van der Waals surface area contributed by atoms with Crippen LogP contribution in [0.25, 0.3) is 0 Å². The van der Waals surface area contributed by atoms with Crippen LogP contribution < -0.4 is 5.32 Å². The maximum Gasteiger partial charge on any atom is 0.223 e. The number of aliphatic hydroxyl groups excluding tert-OH is 1. The third kappa shape index (κ3) is 2.72. The van der Waals surface area contributed by atoms with Crippen LogP contribution in [0.5, 0.6) is 0 Å². The number of aromatic amines is 1. The Morgan fingerprint density at radius 2 is 2.44 bits per heavy atom. The molecule has 0 radical (unpaired) electrons. The lowest BCUT2D eigenvalue weighted by atomic mass is 9.89. The summed E-state index contributed by atoms with van der Waals surface area (Å²) in [7, 11) is 0. The van der Waals surface area contributed by atoms with E-state index in [9.17, 15) is 4.79 Å². The van der Waals surface area contributed by atoms with Crippen molar-refractivity contribution in [2.45, 2.75) is 45.6 Å². The Hall–Kier alpha value is -1.36. The second-order valence-corrected chi connectivity index (χ2v) is 4.98. The molecule has 1 aliphatic rings. The monoisotopic (exact) mass is 251 g/mol. The highest BCUT2D eigenvalue weighted by molar-refractivity contribution is 5.79. The van der Waals surface area contributed by atoms with Gasteiger partial charge in [-0.25, -0.2) is 4.98 Å². The highest BCUT2D eigenvalue weighted by atomic mass is 16.3. The van der Waals surface area contributed by atoms with Crippen LogP contribution in [0.1, 0.15) is 37.0 Å². The molecule has 0 bridgehead atoms. The van der Waals surface area contributed by atoms with E-state index >= 15 is 0 Å². The topological polar surface area (TPSA) is 78.0 Å². The maximum absolute atomic E-state index is 12.1. The van der Waals surface area contributed by atoms with Gasteiger partial charge in [0.25, 0.3) is 0 Å². The van der Waals surface area contributed by atoms with Crippen LogP contribution in [-0.2, 0) is 17.6 Å². The van der Waals surface area contributed by atoms with E-state index in [1.807, 2.05) is 13.8 Å². The Balaban J connectivity index is 1.98. The summed E-state index contributed by atoms with van der Waals surface area (Å²) in [6, 6.07) is -0.123. The number of amides is 1. The van der Waals surface area contributed by atoms with E-state index in [0.29, 0.717) is 0 Å². The molecular formula is C13H21N3O2. The fourth-order valence-electron chi connectivity index (χ4n) is 2.44. The summed E-state index contributed by atoms with van der Waals surface area (Å²) < 4.78 is 0. The van der Waals surface area contributed by atoms with E-state index < -0.39 is 0 Å². The molecular weight excluding hydrogens is 230 g/mol. The number of aliphatic hydroxyl groups is 1. The minimum atomic E-state index is -0.123. The van der Waals surface area contributed by atoms with Gasteiger partial charge in [0.2, 0.25) is 5.91 Å². The van der Waals surface area contributed by atoms with Gasteiger partial charge >= 0.3 is 0 Å². The second-order valence-electron chi connectivity index (χ2n) is 4.98. The molecule has 5 nitrogen and oxygen atoms in total. The smallest absolute Gasteiger partial charge is 0.223 e. The molecule has 3 N–H and O–H groups in total. The number of aromatic nitrogens is 2. The molecule has 0 spiro atoms. The number of nitrogens with one attached hydrogen (secondary N) is 2. The van der Waals surface area contributed by atoms with Crippen molar-refractivity contribution >= 4 is 5.91 Å². The zero-order valence-corrected chi connectivity index (χ0v) is 11.0. The molecule has 1 heterocycles. The van der Waals surface area contributed by atoms with Gasteiger partial charge in [-0.1, -0.05) is 6.92 Å². The largest absolute Gasteiger partial charge is 0.394 e. The van der Waals surface area contributed by atoms with E-state index in [1.165, 1.54) is 0 Å². The minimum Gasteiger partial charge on any atom is -0.394 e. The number of hydrogen-bond acceptors (Lipinski definition) is 3. The normalized spacial score (nSPS) is 20.3. The van der Waals surface area contributed by atoms with Crippen molar-refractivity contribution in [1.82, 2.24) is 15.3 Å². The molecule has 2 rings (SSSR count). The molecule has 0 saturated heterocycles. The van der Waals surface area contributed by atoms with Gasteiger partial charge in [-0.2, -0.15) is 0 Å². The Morgan fingerprint density at radius 1 is 1.67 bits per heavy atom. The van der Waals surface area contributed by atoms with E-state index in [0.717, 1.165) is 42.9 Å². The van der Waals surface area contributed by atoms with Gasteiger partial charge in [-0.3, -0.25) is 4.79 Å². The van der Waals surface area contributed by atoms with E-state index in [-0.39, 0.29) is 24.5 Å². The van der Waals surface area contributed by atoms with Crippen LogP contribution in [0.3, 0.4) is 0 Å². The summed E-state index contributed by atoms with van der Waals surface area (Å²) in [5.41, 5.74) is 2.20. The van der Waals surface area contributed by atoms with Gasteiger partial charge in [0, 0.05) is 18.0 Å². The highest BCUT2D eigenvalue weighted by Crippen LogP contribution is 2.24. The number of carbonyl (C=O) groups is 1. The zero-order valence-electron chi connectivity index (χ0n) is 11.0. The quantitative estimate of drug-likeness (QED) is 0.737. The summed E-state index contributed by atoms with van der Waals surface area (Å²) in [4.78, 5) is 19.7. The average molecular weight is 251 g/mol. The molecule has 0 aromatic carbocycles. The number of hydrogen-bond donors (Lipinski definition) is 3. The summed E-state index contributed by atoms with van der Waals surface area (Å²) >= 11 is 0. The lowest BCUT2D eigenvalue weighted by Crippen LogP contribution is -2.42. The van der Waals surface area contributed by atoms with Gasteiger partial charge in [0.15, 0.2) is 0 Å². The molecule has 0 fully saturated rings. The zero-order chi connectivity index (χ0) is 13.1. The second kappa shape index (κ2) is 5.52. The Bertz CT molecular complexity index is 424. The fourth-order valence-corrected chi connectivity index (χ4v) is 2.44. The number of aryl methyl sites for hydroxylation is 2. The number of fused-ring (bicyclic) bond motifs is 1. The van der Waals surface area contributed by atoms with Crippen molar-refractivity contribution in [3.63, 3.8) is 0 Å². The predicted molar refractivity (Wildman–Crippen MR) is 68.1 cm³/mol. The van der Waals surface area contributed by atoms with E-state index in [2.05, 4.69) is 15.3 Å². The third-order valence-electron chi connectivity index (χ3n) is 3.59. The molecule has 1 amide bonds. The van der Waals surface area contributed by atoms with Gasteiger partial charge < -0.3 is 15.4 Å². The Labute approximate surface area is 107 Å². The molecule has 2 unspecified atom stereocenters.